The van der Waals surface area contributed by atoms with Crippen molar-refractivity contribution in [2.45, 2.75) is 46.1 Å². The van der Waals surface area contributed by atoms with E-state index in [1.807, 2.05) is 42.7 Å². The molecule has 1 aromatic carbocycles. The second kappa shape index (κ2) is 9.79. The highest BCUT2D eigenvalue weighted by molar-refractivity contribution is 5.79. The van der Waals surface area contributed by atoms with Crippen LogP contribution in [0.25, 0.3) is 0 Å². The highest BCUT2D eigenvalue weighted by Gasteiger charge is 2.30. The number of carbonyl (C=O) groups is 2. The number of nitrogens with zero attached hydrogens (tertiary/aromatic N) is 3. The summed E-state index contributed by atoms with van der Waals surface area (Å²) in [6.45, 7) is 10.9. The first-order valence-corrected chi connectivity index (χ1v) is 11.0. The summed E-state index contributed by atoms with van der Waals surface area (Å²) in [5, 5.41) is 18.9. The number of hydrogen-bond acceptors (Lipinski definition) is 5. The van der Waals surface area contributed by atoms with Crippen LogP contribution in [0.15, 0.2) is 12.1 Å². The van der Waals surface area contributed by atoms with Crippen LogP contribution in [0, 0.1) is 19.8 Å². The Morgan fingerprint density at radius 2 is 1.60 bits per heavy atom. The number of aliphatic carboxylic acids is 1. The Balaban J connectivity index is 1.46. The maximum Gasteiger partial charge on any atom is 0.317 e. The Morgan fingerprint density at radius 3 is 2.13 bits per heavy atom. The molecular weight excluding hydrogens is 382 g/mol. The van der Waals surface area contributed by atoms with Gasteiger partial charge in [-0.2, -0.15) is 0 Å². The summed E-state index contributed by atoms with van der Waals surface area (Å²) in [5.74, 6) is -0.293. The van der Waals surface area contributed by atoms with E-state index in [-0.39, 0.29) is 18.4 Å². The number of phenols is 1. The van der Waals surface area contributed by atoms with Crippen LogP contribution in [0.4, 0.5) is 0 Å². The molecule has 1 aromatic rings. The number of phenolic OH excluding ortho intramolecular Hbond substituents is 1. The largest absolute Gasteiger partial charge is 0.507 e. The minimum atomic E-state index is -0.762. The van der Waals surface area contributed by atoms with Crippen LogP contribution in [0.2, 0.25) is 0 Å². The summed E-state index contributed by atoms with van der Waals surface area (Å²) in [6.07, 6.45) is 2.65. The second-order valence-electron chi connectivity index (χ2n) is 8.95. The predicted octanol–water partition coefficient (Wildman–Crippen LogP) is 1.88. The van der Waals surface area contributed by atoms with Crippen LogP contribution in [-0.2, 0) is 16.0 Å². The average Bonchev–Trinajstić information content (AvgIpc) is 2.71. The van der Waals surface area contributed by atoms with Crippen molar-refractivity contribution in [2.24, 2.45) is 5.92 Å². The van der Waals surface area contributed by atoms with Gasteiger partial charge in [-0.1, -0.05) is 19.1 Å². The minimum absolute atomic E-state index is 0.0792. The summed E-state index contributed by atoms with van der Waals surface area (Å²) in [6, 6.07) is 4.43. The van der Waals surface area contributed by atoms with E-state index in [4.69, 9.17) is 5.11 Å². The molecule has 2 N–H and O–H groups in total. The van der Waals surface area contributed by atoms with Gasteiger partial charge in [-0.25, -0.2) is 0 Å². The highest BCUT2D eigenvalue weighted by atomic mass is 16.4. The Bertz CT molecular complexity index is 743. The van der Waals surface area contributed by atoms with E-state index in [2.05, 4.69) is 4.90 Å². The summed E-state index contributed by atoms with van der Waals surface area (Å²) in [7, 11) is 0. The topological polar surface area (TPSA) is 84.3 Å². The van der Waals surface area contributed by atoms with Crippen molar-refractivity contribution >= 4 is 11.9 Å². The molecule has 2 aliphatic heterocycles. The fraction of sp³-hybridized carbons (Fsp3) is 0.652. The zero-order valence-corrected chi connectivity index (χ0v) is 18.4. The van der Waals surface area contributed by atoms with Crippen LogP contribution in [0.3, 0.4) is 0 Å². The number of carboxylic acids is 1. The van der Waals surface area contributed by atoms with Crippen molar-refractivity contribution in [2.75, 3.05) is 45.8 Å². The van der Waals surface area contributed by atoms with Crippen molar-refractivity contribution in [1.29, 1.82) is 0 Å². The van der Waals surface area contributed by atoms with E-state index in [0.717, 1.165) is 68.8 Å². The lowest BCUT2D eigenvalue weighted by molar-refractivity contribution is -0.138. The first kappa shape index (κ1) is 22.6. The van der Waals surface area contributed by atoms with Gasteiger partial charge in [0.2, 0.25) is 5.91 Å². The number of carboxylic acid groups (broad SMARTS) is 1. The third-order valence-corrected chi connectivity index (χ3v) is 6.57. The van der Waals surface area contributed by atoms with Gasteiger partial charge >= 0.3 is 5.97 Å². The normalized spacial score (nSPS) is 20.3. The Kier molecular flexibility index (Phi) is 7.36. The number of aromatic hydroxyl groups is 1. The van der Waals surface area contributed by atoms with Crippen LogP contribution in [0.1, 0.15) is 36.5 Å². The van der Waals surface area contributed by atoms with E-state index in [1.165, 1.54) is 0 Å². The van der Waals surface area contributed by atoms with E-state index in [9.17, 15) is 14.7 Å². The number of hydrogen-bond donors (Lipinski definition) is 2. The second-order valence-corrected chi connectivity index (χ2v) is 8.95. The third-order valence-electron chi connectivity index (χ3n) is 6.57. The molecule has 2 fully saturated rings. The number of likely N-dealkylation sites (tertiary alicyclic amines) is 1. The highest BCUT2D eigenvalue weighted by Crippen LogP contribution is 2.25. The molecule has 1 atom stereocenters. The number of piperazine rings is 1. The molecule has 0 aliphatic carbocycles. The number of rotatable bonds is 6. The molecule has 0 saturated carbocycles. The van der Waals surface area contributed by atoms with E-state index in [1.54, 1.807) is 0 Å². The van der Waals surface area contributed by atoms with Gasteiger partial charge in [0.05, 0.1) is 6.54 Å². The van der Waals surface area contributed by atoms with Gasteiger partial charge in [0.15, 0.2) is 0 Å². The molecule has 0 radical (unpaired) electrons. The van der Waals surface area contributed by atoms with Gasteiger partial charge in [0, 0.05) is 51.2 Å². The maximum absolute atomic E-state index is 13.0. The Morgan fingerprint density at radius 1 is 1.03 bits per heavy atom. The van der Waals surface area contributed by atoms with Crippen molar-refractivity contribution in [3.8, 4) is 5.75 Å². The van der Waals surface area contributed by atoms with Crippen LogP contribution >= 0.6 is 0 Å². The average molecular weight is 418 g/mol. The van der Waals surface area contributed by atoms with Gasteiger partial charge in [0.1, 0.15) is 5.75 Å². The summed E-state index contributed by atoms with van der Waals surface area (Å²) < 4.78 is 0. The number of aryl methyl sites for hydroxylation is 2. The molecule has 1 amide bonds. The smallest absolute Gasteiger partial charge is 0.317 e. The van der Waals surface area contributed by atoms with Gasteiger partial charge in [-0.3, -0.25) is 19.4 Å². The molecule has 0 spiro atoms. The SMILES string of the molecule is Cc1cc(C[C@@H](C)C(=O)N2CCC(N3CCN(CC(=O)O)CC3)CC2)cc(C)c1O. The first-order valence-electron chi connectivity index (χ1n) is 11.0. The summed E-state index contributed by atoms with van der Waals surface area (Å²) >= 11 is 0. The molecule has 0 bridgehead atoms. The summed E-state index contributed by atoms with van der Waals surface area (Å²) in [4.78, 5) is 30.3. The molecule has 0 aromatic heterocycles. The quantitative estimate of drug-likeness (QED) is 0.735. The molecule has 7 nitrogen and oxygen atoms in total. The lowest BCUT2D eigenvalue weighted by Crippen LogP contribution is -2.54. The van der Waals surface area contributed by atoms with Crippen molar-refractivity contribution in [3.05, 3.63) is 28.8 Å². The zero-order valence-electron chi connectivity index (χ0n) is 18.4. The molecule has 30 heavy (non-hydrogen) atoms. The Labute approximate surface area is 179 Å². The minimum Gasteiger partial charge on any atom is -0.507 e. The van der Waals surface area contributed by atoms with Gasteiger partial charge in [-0.15, -0.1) is 0 Å². The van der Waals surface area contributed by atoms with Crippen LogP contribution in [-0.4, -0.2) is 88.6 Å². The van der Waals surface area contributed by atoms with Gasteiger partial charge < -0.3 is 15.1 Å². The van der Waals surface area contributed by atoms with E-state index in [0.29, 0.717) is 18.2 Å². The summed E-state index contributed by atoms with van der Waals surface area (Å²) in [5.41, 5.74) is 2.81. The zero-order chi connectivity index (χ0) is 21.8. The van der Waals surface area contributed by atoms with Crippen LogP contribution < -0.4 is 0 Å². The number of benzene rings is 1. The standard InChI is InChI=1S/C23H35N3O4/c1-16-12-19(13-17(2)22(16)29)14-18(3)23(30)26-6-4-20(5-7-26)25-10-8-24(9-11-25)15-21(27)28/h12-13,18,20,29H,4-11,14-15H2,1-3H3,(H,27,28)/t18-/m1/s1. The molecule has 166 valence electrons. The van der Waals surface area contributed by atoms with Crippen molar-refractivity contribution in [1.82, 2.24) is 14.7 Å². The van der Waals surface area contributed by atoms with E-state index < -0.39 is 5.97 Å². The fourth-order valence-corrected chi connectivity index (χ4v) is 4.85. The van der Waals surface area contributed by atoms with Crippen molar-refractivity contribution < 1.29 is 19.8 Å². The third kappa shape index (κ3) is 5.52. The molecule has 7 heteroatoms. The Hall–Kier alpha value is -2.12. The molecular formula is C23H35N3O4. The number of amides is 1. The fourth-order valence-electron chi connectivity index (χ4n) is 4.85. The van der Waals surface area contributed by atoms with Crippen LogP contribution in [0.5, 0.6) is 5.75 Å². The number of carbonyl (C=O) groups excluding carboxylic acids is 1. The van der Waals surface area contributed by atoms with Gasteiger partial charge in [-0.05, 0) is 49.8 Å². The monoisotopic (exact) mass is 417 g/mol. The molecule has 3 rings (SSSR count). The van der Waals surface area contributed by atoms with Gasteiger partial charge in [0.25, 0.3) is 0 Å². The molecule has 0 unspecified atom stereocenters. The maximum atomic E-state index is 13.0. The van der Waals surface area contributed by atoms with Crippen molar-refractivity contribution in [3.63, 3.8) is 0 Å². The first-order chi connectivity index (χ1) is 14.2. The predicted molar refractivity (Wildman–Crippen MR) is 116 cm³/mol. The number of piperidine rings is 1. The molecule has 2 saturated heterocycles. The molecule has 2 aliphatic rings. The molecule has 2 heterocycles. The van der Waals surface area contributed by atoms with E-state index >= 15 is 0 Å². The lowest BCUT2D eigenvalue weighted by Gasteiger charge is -2.42. The lowest BCUT2D eigenvalue weighted by atomic mass is 9.95.